The van der Waals surface area contributed by atoms with E-state index in [0.717, 1.165) is 11.9 Å². The minimum atomic E-state index is -0.450. The number of hydrogen-bond acceptors (Lipinski definition) is 3. The van der Waals surface area contributed by atoms with Crippen molar-refractivity contribution < 1.29 is 9.59 Å². The van der Waals surface area contributed by atoms with E-state index in [0.29, 0.717) is 5.56 Å². The van der Waals surface area contributed by atoms with Gasteiger partial charge in [0, 0.05) is 22.9 Å². The molecule has 0 heterocycles. The SMILES string of the molecule is CC(C)(C)C(=O)SNC(=O)c1ccccc1. The van der Waals surface area contributed by atoms with Gasteiger partial charge in [-0.3, -0.25) is 14.3 Å². The third kappa shape index (κ3) is 3.70. The van der Waals surface area contributed by atoms with Crippen molar-refractivity contribution in [2.24, 2.45) is 5.41 Å². The van der Waals surface area contributed by atoms with Crippen molar-refractivity contribution in [3.63, 3.8) is 0 Å². The van der Waals surface area contributed by atoms with Crippen molar-refractivity contribution in [2.75, 3.05) is 0 Å². The van der Waals surface area contributed by atoms with Crippen LogP contribution in [-0.2, 0) is 4.79 Å². The van der Waals surface area contributed by atoms with E-state index in [1.807, 2.05) is 26.8 Å². The van der Waals surface area contributed by atoms with Gasteiger partial charge in [-0.25, -0.2) is 0 Å². The summed E-state index contributed by atoms with van der Waals surface area (Å²) in [5, 5.41) is -0.0585. The Bertz CT molecular complexity index is 382. The van der Waals surface area contributed by atoms with Crippen LogP contribution in [0.3, 0.4) is 0 Å². The topological polar surface area (TPSA) is 46.2 Å². The van der Waals surface area contributed by atoms with Crippen LogP contribution in [0.2, 0.25) is 0 Å². The first-order valence-electron chi connectivity index (χ1n) is 4.98. The van der Waals surface area contributed by atoms with Crippen LogP contribution in [-0.4, -0.2) is 11.0 Å². The molecule has 1 aromatic rings. The van der Waals surface area contributed by atoms with Crippen LogP contribution >= 0.6 is 11.9 Å². The number of benzene rings is 1. The Labute approximate surface area is 99.8 Å². The minimum absolute atomic E-state index is 0.0585. The lowest BCUT2D eigenvalue weighted by Crippen LogP contribution is -2.24. The Morgan fingerprint density at radius 3 is 2.19 bits per heavy atom. The summed E-state index contributed by atoms with van der Waals surface area (Å²) in [6, 6.07) is 8.81. The maximum absolute atomic E-state index is 11.6. The first-order valence-corrected chi connectivity index (χ1v) is 5.79. The highest BCUT2D eigenvalue weighted by molar-refractivity contribution is 8.12. The van der Waals surface area contributed by atoms with Crippen LogP contribution in [0.25, 0.3) is 0 Å². The molecule has 1 amide bonds. The summed E-state index contributed by atoms with van der Waals surface area (Å²) in [7, 11) is 0. The van der Waals surface area contributed by atoms with E-state index in [-0.39, 0.29) is 11.0 Å². The number of hydrogen-bond donors (Lipinski definition) is 1. The summed E-state index contributed by atoms with van der Waals surface area (Å²) < 4.78 is 2.53. The number of rotatable bonds is 1. The molecule has 1 rings (SSSR count). The van der Waals surface area contributed by atoms with E-state index >= 15 is 0 Å². The molecule has 0 aliphatic heterocycles. The molecular formula is C12H15NO2S. The van der Waals surface area contributed by atoms with E-state index in [9.17, 15) is 9.59 Å². The van der Waals surface area contributed by atoms with E-state index in [2.05, 4.69) is 4.72 Å². The molecule has 0 radical (unpaired) electrons. The smallest absolute Gasteiger partial charge is 0.261 e. The van der Waals surface area contributed by atoms with Gasteiger partial charge in [-0.1, -0.05) is 39.0 Å². The Morgan fingerprint density at radius 2 is 1.69 bits per heavy atom. The molecule has 3 nitrogen and oxygen atoms in total. The molecule has 4 heteroatoms. The average molecular weight is 237 g/mol. The first-order chi connectivity index (χ1) is 7.41. The van der Waals surface area contributed by atoms with Gasteiger partial charge < -0.3 is 0 Å². The van der Waals surface area contributed by atoms with Crippen LogP contribution < -0.4 is 4.72 Å². The van der Waals surface area contributed by atoms with Gasteiger partial charge in [0.2, 0.25) is 5.12 Å². The molecule has 1 N–H and O–H groups in total. The molecule has 0 unspecified atom stereocenters. The zero-order valence-electron chi connectivity index (χ0n) is 9.61. The molecule has 0 aliphatic carbocycles. The molecule has 86 valence electrons. The highest BCUT2D eigenvalue weighted by Crippen LogP contribution is 2.21. The highest BCUT2D eigenvalue weighted by atomic mass is 32.2. The van der Waals surface area contributed by atoms with Gasteiger partial charge in [-0.05, 0) is 12.1 Å². The van der Waals surface area contributed by atoms with Crippen molar-refractivity contribution >= 4 is 23.0 Å². The zero-order chi connectivity index (χ0) is 12.2. The third-order valence-electron chi connectivity index (χ3n) is 1.88. The quantitative estimate of drug-likeness (QED) is 0.764. The monoisotopic (exact) mass is 237 g/mol. The molecule has 16 heavy (non-hydrogen) atoms. The van der Waals surface area contributed by atoms with Crippen molar-refractivity contribution in [3.05, 3.63) is 35.9 Å². The van der Waals surface area contributed by atoms with E-state index < -0.39 is 5.41 Å². The van der Waals surface area contributed by atoms with Gasteiger partial charge in [0.05, 0.1) is 0 Å². The number of nitrogens with one attached hydrogen (secondary N) is 1. The summed E-state index contributed by atoms with van der Waals surface area (Å²) in [5.41, 5.74) is 0.103. The normalized spacial score (nSPS) is 10.9. The molecule has 1 aromatic carbocycles. The van der Waals surface area contributed by atoms with Gasteiger partial charge in [0.25, 0.3) is 5.91 Å². The first kappa shape index (κ1) is 12.8. The zero-order valence-corrected chi connectivity index (χ0v) is 10.4. The maximum Gasteiger partial charge on any atom is 0.261 e. The van der Waals surface area contributed by atoms with Gasteiger partial charge in [-0.2, -0.15) is 0 Å². The molecule has 0 fully saturated rings. The van der Waals surface area contributed by atoms with E-state index in [1.54, 1.807) is 24.3 Å². The van der Waals surface area contributed by atoms with Crippen molar-refractivity contribution in [1.82, 2.24) is 4.72 Å². The predicted molar refractivity (Wildman–Crippen MR) is 66.0 cm³/mol. The summed E-state index contributed by atoms with van der Waals surface area (Å²) in [4.78, 5) is 23.1. The second-order valence-corrected chi connectivity index (χ2v) is 5.22. The van der Waals surface area contributed by atoms with Crippen molar-refractivity contribution in [2.45, 2.75) is 20.8 Å². The second kappa shape index (κ2) is 5.16. The van der Waals surface area contributed by atoms with Crippen LogP contribution in [0, 0.1) is 5.41 Å². The highest BCUT2D eigenvalue weighted by Gasteiger charge is 2.22. The largest absolute Gasteiger partial charge is 0.289 e. The molecular weight excluding hydrogens is 222 g/mol. The fraction of sp³-hybridized carbons (Fsp3) is 0.333. The lowest BCUT2D eigenvalue weighted by molar-refractivity contribution is -0.117. The Kier molecular flexibility index (Phi) is 4.12. The number of carbonyl (C=O) groups excluding carboxylic acids is 2. The van der Waals surface area contributed by atoms with Crippen LogP contribution in [0.15, 0.2) is 30.3 Å². The Balaban J connectivity index is 2.52. The summed E-state index contributed by atoms with van der Waals surface area (Å²) in [6.45, 7) is 5.45. The third-order valence-corrected chi connectivity index (χ3v) is 2.97. The van der Waals surface area contributed by atoms with Gasteiger partial charge in [-0.15, -0.1) is 0 Å². The molecule has 0 aromatic heterocycles. The lowest BCUT2D eigenvalue weighted by atomic mass is 10.00. The molecule has 0 saturated carbocycles. The second-order valence-electron chi connectivity index (χ2n) is 4.44. The fourth-order valence-electron chi connectivity index (χ4n) is 0.894. The predicted octanol–water partition coefficient (Wildman–Crippen LogP) is 2.64. The fourth-order valence-corrected chi connectivity index (χ4v) is 1.50. The van der Waals surface area contributed by atoms with E-state index in [4.69, 9.17) is 0 Å². The number of amides is 1. The van der Waals surface area contributed by atoms with Gasteiger partial charge in [0.15, 0.2) is 0 Å². The maximum atomic E-state index is 11.6. The van der Waals surface area contributed by atoms with E-state index in [1.165, 1.54) is 0 Å². The Morgan fingerprint density at radius 1 is 1.12 bits per heavy atom. The van der Waals surface area contributed by atoms with Crippen LogP contribution in [0.4, 0.5) is 0 Å². The Hall–Kier alpha value is -1.29. The summed E-state index contributed by atoms with van der Waals surface area (Å²) >= 11 is 0.848. The summed E-state index contributed by atoms with van der Waals surface area (Å²) in [6.07, 6.45) is 0. The van der Waals surface area contributed by atoms with Gasteiger partial charge in [0.1, 0.15) is 0 Å². The standard InChI is InChI=1S/C12H15NO2S/c1-12(2,3)11(15)16-13-10(14)9-7-5-4-6-8-9/h4-8H,1-3H3,(H,13,14). The molecule has 0 saturated heterocycles. The lowest BCUT2D eigenvalue weighted by Gasteiger charge is -2.15. The van der Waals surface area contributed by atoms with Crippen LogP contribution in [0.5, 0.6) is 0 Å². The van der Waals surface area contributed by atoms with Crippen molar-refractivity contribution in [3.8, 4) is 0 Å². The summed E-state index contributed by atoms with van der Waals surface area (Å²) in [5.74, 6) is -0.247. The molecule has 0 atom stereocenters. The molecule has 0 spiro atoms. The average Bonchev–Trinajstić information content (AvgIpc) is 2.25. The minimum Gasteiger partial charge on any atom is -0.289 e. The van der Waals surface area contributed by atoms with Crippen LogP contribution in [0.1, 0.15) is 31.1 Å². The van der Waals surface area contributed by atoms with Crippen molar-refractivity contribution in [1.29, 1.82) is 0 Å². The molecule has 0 bridgehead atoms. The van der Waals surface area contributed by atoms with Gasteiger partial charge >= 0.3 is 0 Å². The number of carbonyl (C=O) groups is 2. The molecule has 0 aliphatic rings.